The first-order valence-corrected chi connectivity index (χ1v) is 10.8. The lowest BCUT2D eigenvalue weighted by molar-refractivity contribution is 0.306. The number of rotatable bonds is 6. The van der Waals surface area contributed by atoms with E-state index < -0.39 is 0 Å². The molecule has 0 spiro atoms. The van der Waals surface area contributed by atoms with Crippen LogP contribution in [0.15, 0.2) is 82.0 Å². The number of hydrogen-bond acceptors (Lipinski definition) is 5. The van der Waals surface area contributed by atoms with Gasteiger partial charge in [0.1, 0.15) is 18.4 Å². The van der Waals surface area contributed by atoms with Gasteiger partial charge in [-0.1, -0.05) is 54.1 Å². The van der Waals surface area contributed by atoms with Crippen molar-refractivity contribution in [3.63, 3.8) is 0 Å². The Morgan fingerprint density at radius 2 is 1.93 bits per heavy atom. The van der Waals surface area contributed by atoms with Crippen LogP contribution in [0, 0.1) is 11.3 Å². The van der Waals surface area contributed by atoms with Crippen LogP contribution in [0.2, 0.25) is 5.02 Å². The monoisotopic (exact) mass is 434 g/mol. The third kappa shape index (κ3) is 4.99. The van der Waals surface area contributed by atoms with Gasteiger partial charge in [0.2, 0.25) is 0 Å². The highest BCUT2D eigenvalue weighted by molar-refractivity contribution is 8.05. The first-order valence-electron chi connectivity index (χ1n) is 8.83. The second kappa shape index (κ2) is 9.15. The molecule has 0 saturated heterocycles. The van der Waals surface area contributed by atoms with Gasteiger partial charge in [-0.15, -0.1) is 11.3 Å². The van der Waals surface area contributed by atoms with Gasteiger partial charge in [-0.2, -0.15) is 5.26 Å². The molecule has 0 N–H and O–H groups in total. The van der Waals surface area contributed by atoms with E-state index in [9.17, 15) is 5.26 Å². The van der Waals surface area contributed by atoms with Crippen LogP contribution in [0.4, 0.5) is 0 Å². The van der Waals surface area contributed by atoms with E-state index in [2.05, 4.69) is 11.1 Å². The minimum Gasteiger partial charge on any atom is -0.489 e. The Morgan fingerprint density at radius 3 is 2.76 bits per heavy atom. The number of ether oxygens (including phenoxy) is 1. The Balaban J connectivity index is 1.49. The van der Waals surface area contributed by atoms with Crippen molar-refractivity contribution in [2.45, 2.75) is 10.9 Å². The number of thioether (sulfide) groups is 1. The average molecular weight is 435 g/mol. The second-order valence-corrected chi connectivity index (χ2v) is 8.85. The highest BCUT2D eigenvalue weighted by Gasteiger charge is 2.08. The van der Waals surface area contributed by atoms with Crippen LogP contribution in [-0.2, 0) is 6.61 Å². The maximum Gasteiger partial charge on any atom is 0.156 e. The predicted molar refractivity (Wildman–Crippen MR) is 121 cm³/mol. The van der Waals surface area contributed by atoms with Gasteiger partial charge in [0.25, 0.3) is 0 Å². The van der Waals surface area contributed by atoms with Gasteiger partial charge in [0.05, 0.1) is 15.1 Å². The summed E-state index contributed by atoms with van der Waals surface area (Å²) in [6, 6.07) is 25.5. The third-order valence-electron chi connectivity index (χ3n) is 4.09. The molecular formula is C23H15ClN2OS2. The van der Waals surface area contributed by atoms with Crippen molar-refractivity contribution < 1.29 is 4.74 Å². The summed E-state index contributed by atoms with van der Waals surface area (Å²) in [4.78, 5) is 5.16. The molecule has 0 aliphatic carbocycles. The number of fused-ring (bicyclic) bond motifs is 1. The Bertz CT molecular complexity index is 1190. The maximum atomic E-state index is 9.57. The number of nitriles is 1. The lowest BCUT2D eigenvalue weighted by Gasteiger charge is -2.08. The topological polar surface area (TPSA) is 45.9 Å². The first kappa shape index (κ1) is 19.5. The fourth-order valence-corrected chi connectivity index (χ4v) is 4.86. The van der Waals surface area contributed by atoms with Crippen molar-refractivity contribution in [1.29, 1.82) is 5.26 Å². The molecule has 6 heteroatoms. The van der Waals surface area contributed by atoms with Gasteiger partial charge in [0, 0.05) is 10.6 Å². The summed E-state index contributed by atoms with van der Waals surface area (Å²) < 4.78 is 7.84. The van der Waals surface area contributed by atoms with E-state index in [1.807, 2.05) is 78.9 Å². The predicted octanol–water partition coefficient (Wildman–Crippen LogP) is 7.19. The Labute approximate surface area is 182 Å². The van der Waals surface area contributed by atoms with Crippen molar-refractivity contribution in [2.24, 2.45) is 0 Å². The van der Waals surface area contributed by atoms with Gasteiger partial charge in [0.15, 0.2) is 4.34 Å². The maximum absolute atomic E-state index is 9.57. The normalized spacial score (nSPS) is 11.4. The molecule has 3 nitrogen and oxygen atoms in total. The van der Waals surface area contributed by atoms with Crippen LogP contribution in [0.25, 0.3) is 16.3 Å². The van der Waals surface area contributed by atoms with Crippen LogP contribution >= 0.6 is 34.7 Å². The molecule has 4 rings (SSSR count). The fourth-order valence-electron chi connectivity index (χ4n) is 2.70. The molecule has 0 bridgehead atoms. The van der Waals surface area contributed by atoms with Crippen molar-refractivity contribution in [2.75, 3.05) is 0 Å². The molecule has 0 aliphatic rings. The molecule has 1 heterocycles. The zero-order valence-electron chi connectivity index (χ0n) is 15.2. The molecular weight excluding hydrogens is 420 g/mol. The Morgan fingerprint density at radius 1 is 1.10 bits per heavy atom. The van der Waals surface area contributed by atoms with E-state index in [4.69, 9.17) is 16.3 Å². The lowest BCUT2D eigenvalue weighted by atomic mass is 10.2. The number of benzene rings is 3. The second-order valence-electron chi connectivity index (χ2n) is 6.12. The average Bonchev–Trinajstić information content (AvgIpc) is 3.15. The number of halogens is 1. The molecule has 29 heavy (non-hydrogen) atoms. The van der Waals surface area contributed by atoms with Crippen LogP contribution in [-0.4, -0.2) is 4.98 Å². The molecule has 0 amide bonds. The molecule has 0 radical (unpaired) electrons. The van der Waals surface area contributed by atoms with Crippen molar-refractivity contribution >= 4 is 51.0 Å². The number of hydrogen-bond donors (Lipinski definition) is 0. The highest BCUT2D eigenvalue weighted by atomic mass is 35.5. The molecule has 0 unspecified atom stereocenters. The molecule has 0 atom stereocenters. The minimum atomic E-state index is 0.387. The lowest BCUT2D eigenvalue weighted by Crippen LogP contribution is -1.96. The van der Waals surface area contributed by atoms with E-state index in [-0.39, 0.29) is 0 Å². The summed E-state index contributed by atoms with van der Waals surface area (Å²) in [7, 11) is 0. The molecule has 0 aliphatic heterocycles. The molecule has 142 valence electrons. The largest absolute Gasteiger partial charge is 0.489 e. The van der Waals surface area contributed by atoms with Crippen molar-refractivity contribution in [1.82, 2.24) is 4.98 Å². The SMILES string of the molecule is N#C/C(=C\c1cccc(OCc2ccccc2Cl)c1)Sc1nc2ccccc2s1. The van der Waals surface area contributed by atoms with Gasteiger partial charge < -0.3 is 4.74 Å². The zero-order chi connectivity index (χ0) is 20.1. The van der Waals surface area contributed by atoms with Crippen molar-refractivity contribution in [3.8, 4) is 11.8 Å². The molecule has 3 aromatic carbocycles. The molecule has 4 aromatic rings. The third-order valence-corrected chi connectivity index (χ3v) is 6.48. The van der Waals surface area contributed by atoms with E-state index in [1.165, 1.54) is 11.8 Å². The standard InChI is InChI=1S/C23H15ClN2OS2/c24-20-9-2-1-7-17(20)15-27-18-8-5-6-16(12-18)13-19(14-25)28-23-26-21-10-3-4-11-22(21)29-23/h1-13H,15H2/b19-13+. The van der Waals surface area contributed by atoms with Gasteiger partial charge in [-0.25, -0.2) is 4.98 Å². The van der Waals surface area contributed by atoms with E-state index in [0.717, 1.165) is 31.4 Å². The van der Waals surface area contributed by atoms with Gasteiger partial charge >= 0.3 is 0 Å². The number of thiazole rings is 1. The van der Waals surface area contributed by atoms with E-state index >= 15 is 0 Å². The number of allylic oxidation sites excluding steroid dienone is 1. The van der Waals surface area contributed by atoms with Crippen LogP contribution in [0.1, 0.15) is 11.1 Å². The highest BCUT2D eigenvalue weighted by Crippen LogP contribution is 2.34. The number of nitrogens with zero attached hydrogens (tertiary/aromatic N) is 2. The van der Waals surface area contributed by atoms with E-state index in [1.54, 1.807) is 11.3 Å². The summed E-state index contributed by atoms with van der Waals surface area (Å²) in [5.41, 5.74) is 2.78. The molecule has 0 saturated carbocycles. The summed E-state index contributed by atoms with van der Waals surface area (Å²) in [5.74, 6) is 0.723. The van der Waals surface area contributed by atoms with Crippen molar-refractivity contribution in [3.05, 3.63) is 93.9 Å². The van der Waals surface area contributed by atoms with Crippen LogP contribution in [0.5, 0.6) is 5.75 Å². The number of aromatic nitrogens is 1. The minimum absolute atomic E-state index is 0.387. The van der Waals surface area contributed by atoms with E-state index in [0.29, 0.717) is 16.5 Å². The molecule has 1 aromatic heterocycles. The summed E-state index contributed by atoms with van der Waals surface area (Å²) in [6.45, 7) is 0.387. The first-order chi connectivity index (χ1) is 14.2. The fraction of sp³-hybridized carbons (Fsp3) is 0.0435. The Hall–Kier alpha value is -2.78. The summed E-state index contributed by atoms with van der Waals surface area (Å²) in [6.07, 6.45) is 1.85. The number of para-hydroxylation sites is 1. The molecule has 0 fully saturated rings. The van der Waals surface area contributed by atoms with Gasteiger partial charge in [-0.05, 0) is 53.7 Å². The van der Waals surface area contributed by atoms with Crippen LogP contribution < -0.4 is 4.74 Å². The Kier molecular flexibility index (Phi) is 6.16. The quantitative estimate of drug-likeness (QED) is 0.238. The van der Waals surface area contributed by atoms with Gasteiger partial charge in [-0.3, -0.25) is 0 Å². The summed E-state index contributed by atoms with van der Waals surface area (Å²) in [5, 5.41) is 10.3. The van der Waals surface area contributed by atoms with Crippen LogP contribution in [0.3, 0.4) is 0 Å². The summed E-state index contributed by atoms with van der Waals surface area (Å²) >= 11 is 9.14. The zero-order valence-corrected chi connectivity index (χ0v) is 17.6. The smallest absolute Gasteiger partial charge is 0.156 e.